The zero-order chi connectivity index (χ0) is 24.3. The van der Waals surface area contributed by atoms with Crippen molar-refractivity contribution < 1.29 is 13.6 Å². The minimum absolute atomic E-state index is 0.214. The second-order valence-electron chi connectivity index (χ2n) is 12.1. The van der Waals surface area contributed by atoms with Gasteiger partial charge in [-0.1, -0.05) is 51.4 Å². The largest absolute Gasteiger partial charge is 0.544 e. The number of hydrogen-bond donors (Lipinski definition) is 2. The highest BCUT2D eigenvalue weighted by atomic mass is 28.4. The van der Waals surface area contributed by atoms with Crippen molar-refractivity contribution in [1.82, 2.24) is 4.98 Å². The van der Waals surface area contributed by atoms with Crippen LogP contribution in [0.25, 0.3) is 5.76 Å². The van der Waals surface area contributed by atoms with Gasteiger partial charge in [0.05, 0.1) is 0 Å². The molecule has 0 saturated heterocycles. The summed E-state index contributed by atoms with van der Waals surface area (Å²) in [6.45, 7) is 26.0. The van der Waals surface area contributed by atoms with Crippen LogP contribution in [0.5, 0.6) is 0 Å². The SMILES string of the molecule is C[Si](C)(C)Nc1ccccc1/C(=C/C(N[Si](C)(C)C)C(=O)O[Si](C)(C)C)O[Si](C)(C)C. The summed E-state index contributed by atoms with van der Waals surface area (Å²) in [6, 6.07) is 7.69. The van der Waals surface area contributed by atoms with Gasteiger partial charge in [0.2, 0.25) is 16.6 Å². The Morgan fingerprint density at radius 1 is 0.806 bits per heavy atom. The van der Waals surface area contributed by atoms with Gasteiger partial charge in [0, 0.05) is 11.3 Å². The topological polar surface area (TPSA) is 59.6 Å². The van der Waals surface area contributed by atoms with E-state index >= 15 is 0 Å². The molecule has 0 aliphatic rings. The molecule has 5 nitrogen and oxygen atoms in total. The molecule has 1 atom stereocenters. The molecule has 0 amide bonds. The van der Waals surface area contributed by atoms with E-state index in [-0.39, 0.29) is 5.97 Å². The Morgan fingerprint density at radius 2 is 1.32 bits per heavy atom. The fourth-order valence-corrected chi connectivity index (χ4v) is 6.60. The standard InChI is InChI=1S/C22H44N2O3Si4/c1-28(2,3)23-19-16-14-13-15-18(19)21(26-30(7,8)9)17-20(24-29(4,5)6)22(25)27-31(10,11)12/h13-17,20,23-24H,1-12H3/b21-17-. The van der Waals surface area contributed by atoms with E-state index in [4.69, 9.17) is 8.85 Å². The van der Waals surface area contributed by atoms with Crippen LogP contribution in [0.1, 0.15) is 5.56 Å². The summed E-state index contributed by atoms with van der Waals surface area (Å²) in [7, 11) is -7.31. The summed E-state index contributed by atoms with van der Waals surface area (Å²) in [5, 5.41) is 0. The third-order valence-electron chi connectivity index (χ3n) is 3.69. The molecule has 0 spiro atoms. The zero-order valence-electron chi connectivity index (χ0n) is 21.7. The van der Waals surface area contributed by atoms with Crippen molar-refractivity contribution in [3.63, 3.8) is 0 Å². The van der Waals surface area contributed by atoms with E-state index in [1.165, 1.54) is 0 Å². The predicted octanol–water partition coefficient (Wildman–Crippen LogP) is 6.30. The first-order valence-corrected chi connectivity index (χ1v) is 24.9. The molecule has 0 radical (unpaired) electrons. The van der Waals surface area contributed by atoms with Crippen molar-refractivity contribution in [3.05, 3.63) is 35.9 Å². The molecular formula is C22H44N2O3Si4. The van der Waals surface area contributed by atoms with Crippen molar-refractivity contribution in [2.45, 2.75) is 84.6 Å². The van der Waals surface area contributed by atoms with E-state index in [2.05, 4.69) is 81.0 Å². The second kappa shape index (κ2) is 10.2. The number of para-hydroxylation sites is 1. The first-order valence-electron chi connectivity index (χ1n) is 11.0. The smallest absolute Gasteiger partial charge is 0.313 e. The van der Waals surface area contributed by atoms with Crippen molar-refractivity contribution in [2.24, 2.45) is 0 Å². The van der Waals surface area contributed by atoms with Crippen LogP contribution in [-0.4, -0.2) is 45.1 Å². The molecule has 0 fully saturated rings. The van der Waals surface area contributed by atoms with Gasteiger partial charge in [-0.05, 0) is 57.5 Å². The number of hydrogen-bond acceptors (Lipinski definition) is 5. The normalized spacial score (nSPS) is 14.8. The third-order valence-corrected chi connectivity index (χ3v) is 7.53. The van der Waals surface area contributed by atoms with Gasteiger partial charge in [0.15, 0.2) is 0 Å². The molecule has 1 aromatic carbocycles. The van der Waals surface area contributed by atoms with Crippen molar-refractivity contribution in [2.75, 3.05) is 4.98 Å². The highest BCUT2D eigenvalue weighted by Crippen LogP contribution is 2.30. The summed E-state index contributed by atoms with van der Waals surface area (Å²) in [6.07, 6.45) is 1.95. The fraction of sp³-hybridized carbons (Fsp3) is 0.591. The van der Waals surface area contributed by atoms with Gasteiger partial charge in [-0.2, -0.15) is 0 Å². The van der Waals surface area contributed by atoms with Gasteiger partial charge in [-0.15, -0.1) is 0 Å². The Kier molecular flexibility index (Phi) is 9.18. The van der Waals surface area contributed by atoms with Crippen LogP contribution in [0.15, 0.2) is 30.3 Å². The summed E-state index contributed by atoms with van der Waals surface area (Å²) in [5.41, 5.74) is 2.05. The van der Waals surface area contributed by atoms with Crippen LogP contribution in [0.3, 0.4) is 0 Å². The maximum absolute atomic E-state index is 13.2. The van der Waals surface area contributed by atoms with E-state index in [1.807, 2.05) is 37.8 Å². The van der Waals surface area contributed by atoms with E-state index in [1.54, 1.807) is 0 Å². The Balaban J connectivity index is 3.57. The highest BCUT2D eigenvalue weighted by Gasteiger charge is 2.31. The molecule has 9 heteroatoms. The van der Waals surface area contributed by atoms with E-state index in [0.717, 1.165) is 17.0 Å². The van der Waals surface area contributed by atoms with Crippen LogP contribution in [0, 0.1) is 0 Å². The average molecular weight is 497 g/mol. The molecule has 0 heterocycles. The molecule has 0 saturated carbocycles. The molecule has 2 N–H and O–H groups in total. The number of carbonyl (C=O) groups excluding carboxylic acids is 1. The van der Waals surface area contributed by atoms with Gasteiger partial charge in [-0.25, -0.2) is 0 Å². The highest BCUT2D eigenvalue weighted by molar-refractivity contribution is 6.79. The minimum atomic E-state index is -2.02. The van der Waals surface area contributed by atoms with Crippen molar-refractivity contribution >= 4 is 50.5 Å². The fourth-order valence-electron chi connectivity index (χ4n) is 2.87. The average Bonchev–Trinajstić information content (AvgIpc) is 2.48. The van der Waals surface area contributed by atoms with E-state index < -0.39 is 39.1 Å². The van der Waals surface area contributed by atoms with Crippen LogP contribution < -0.4 is 9.96 Å². The number of carbonyl (C=O) groups is 1. The quantitative estimate of drug-likeness (QED) is 0.294. The van der Waals surface area contributed by atoms with Crippen LogP contribution >= 0.6 is 0 Å². The Labute approximate surface area is 194 Å². The lowest BCUT2D eigenvalue weighted by Crippen LogP contribution is -2.52. The number of benzene rings is 1. The van der Waals surface area contributed by atoms with Gasteiger partial charge in [-0.3, -0.25) is 4.79 Å². The molecule has 0 aromatic heterocycles. The van der Waals surface area contributed by atoms with Crippen molar-refractivity contribution in [3.8, 4) is 0 Å². The lowest BCUT2D eigenvalue weighted by Gasteiger charge is -2.30. The van der Waals surface area contributed by atoms with Crippen molar-refractivity contribution in [1.29, 1.82) is 0 Å². The molecule has 0 aliphatic carbocycles. The minimum Gasteiger partial charge on any atom is -0.544 e. The summed E-state index contributed by atoms with van der Waals surface area (Å²) >= 11 is 0. The first kappa shape index (κ1) is 27.9. The molecule has 176 valence electrons. The maximum Gasteiger partial charge on any atom is 0.313 e. The van der Waals surface area contributed by atoms with Crippen LogP contribution in [0.2, 0.25) is 78.6 Å². The molecular weight excluding hydrogens is 453 g/mol. The predicted molar refractivity (Wildman–Crippen MR) is 146 cm³/mol. The van der Waals surface area contributed by atoms with Gasteiger partial charge in [0.25, 0.3) is 0 Å². The lowest BCUT2D eigenvalue weighted by molar-refractivity contribution is -0.135. The second-order valence-corrected chi connectivity index (χ2v) is 30.5. The molecule has 1 rings (SSSR count). The molecule has 0 bridgehead atoms. The monoisotopic (exact) mass is 496 g/mol. The van der Waals surface area contributed by atoms with E-state index in [0.29, 0.717) is 0 Å². The van der Waals surface area contributed by atoms with Crippen LogP contribution in [-0.2, 0) is 13.6 Å². The summed E-state index contributed by atoms with van der Waals surface area (Å²) < 4.78 is 12.4. The number of anilines is 1. The van der Waals surface area contributed by atoms with Gasteiger partial charge < -0.3 is 18.8 Å². The lowest BCUT2D eigenvalue weighted by atomic mass is 10.1. The molecule has 1 unspecified atom stereocenters. The Hall–Kier alpha value is -1.14. The maximum atomic E-state index is 13.2. The number of nitrogens with one attached hydrogen (secondary N) is 2. The molecule has 31 heavy (non-hydrogen) atoms. The van der Waals surface area contributed by atoms with Gasteiger partial charge >= 0.3 is 5.97 Å². The van der Waals surface area contributed by atoms with Gasteiger partial charge in [0.1, 0.15) is 28.3 Å². The Morgan fingerprint density at radius 3 is 1.77 bits per heavy atom. The molecule has 0 aliphatic heterocycles. The first-order chi connectivity index (χ1) is 13.8. The summed E-state index contributed by atoms with van der Waals surface area (Å²) in [4.78, 5) is 20.4. The van der Waals surface area contributed by atoms with E-state index in [9.17, 15) is 4.79 Å². The summed E-state index contributed by atoms with van der Waals surface area (Å²) in [5.74, 6) is 0.540. The van der Waals surface area contributed by atoms with Crippen LogP contribution in [0.4, 0.5) is 5.69 Å². The molecule has 1 aromatic rings. The number of rotatable bonds is 10. The zero-order valence-corrected chi connectivity index (χ0v) is 25.7. The Bertz CT molecular complexity index is 786. The third kappa shape index (κ3) is 11.9.